The maximum Gasteiger partial charge on any atom is 0.0105 e. The molecular weight excluding hydrogens is 244 g/mol. The maximum atomic E-state index is 3.58. The van der Waals surface area contributed by atoms with E-state index in [1.807, 2.05) is 0 Å². The van der Waals surface area contributed by atoms with Crippen LogP contribution in [0.1, 0.15) is 60.8 Å². The Labute approximate surface area is 127 Å². The second kappa shape index (κ2) is 8.38. The Morgan fingerprint density at radius 2 is 1.70 bits per heavy atom. The molecule has 2 heteroatoms. The van der Waals surface area contributed by atoms with Gasteiger partial charge >= 0.3 is 0 Å². The second-order valence-electron chi connectivity index (χ2n) is 7.91. The molecule has 120 valence electrons. The van der Waals surface area contributed by atoms with E-state index >= 15 is 0 Å². The van der Waals surface area contributed by atoms with Gasteiger partial charge in [0, 0.05) is 25.2 Å². The average Bonchev–Trinajstić information content (AvgIpc) is 2.37. The molecule has 1 aliphatic rings. The van der Waals surface area contributed by atoms with E-state index in [0.717, 1.165) is 29.7 Å². The van der Waals surface area contributed by atoms with Crippen LogP contribution in [0.3, 0.4) is 0 Å². The molecule has 3 atom stereocenters. The van der Waals surface area contributed by atoms with Crippen LogP contribution >= 0.6 is 0 Å². The summed E-state index contributed by atoms with van der Waals surface area (Å²) in [4.78, 5) is 2.70. The normalized spacial score (nSPS) is 28.1. The van der Waals surface area contributed by atoms with Crippen molar-refractivity contribution in [1.29, 1.82) is 0 Å². The monoisotopic (exact) mass is 282 g/mol. The van der Waals surface area contributed by atoms with E-state index in [9.17, 15) is 0 Å². The third-order valence-corrected chi connectivity index (χ3v) is 5.14. The molecule has 1 saturated carbocycles. The average molecular weight is 283 g/mol. The van der Waals surface area contributed by atoms with Crippen LogP contribution in [0.2, 0.25) is 0 Å². The summed E-state index contributed by atoms with van der Waals surface area (Å²) in [7, 11) is 2.15. The van der Waals surface area contributed by atoms with Gasteiger partial charge < -0.3 is 10.2 Å². The molecule has 0 spiro atoms. The van der Waals surface area contributed by atoms with E-state index < -0.39 is 0 Å². The molecule has 0 bridgehead atoms. The third-order valence-electron chi connectivity index (χ3n) is 5.14. The summed E-state index contributed by atoms with van der Waals surface area (Å²) in [5.41, 5.74) is 0. The van der Waals surface area contributed by atoms with Crippen molar-refractivity contribution in [3.8, 4) is 0 Å². The van der Waals surface area contributed by atoms with Gasteiger partial charge in [0.05, 0.1) is 0 Å². The largest absolute Gasteiger partial charge is 0.317 e. The topological polar surface area (TPSA) is 15.3 Å². The number of rotatable bonds is 7. The van der Waals surface area contributed by atoms with Gasteiger partial charge in [-0.15, -0.1) is 0 Å². The first kappa shape index (κ1) is 18.0. The molecule has 0 heterocycles. The predicted octanol–water partition coefficient (Wildman–Crippen LogP) is 4.01. The van der Waals surface area contributed by atoms with Gasteiger partial charge in [-0.1, -0.05) is 27.7 Å². The van der Waals surface area contributed by atoms with Crippen LogP contribution in [0.5, 0.6) is 0 Å². The van der Waals surface area contributed by atoms with Crippen LogP contribution in [-0.2, 0) is 0 Å². The highest BCUT2D eigenvalue weighted by Gasteiger charge is 2.32. The second-order valence-corrected chi connectivity index (χ2v) is 7.91. The van der Waals surface area contributed by atoms with E-state index in [1.165, 1.54) is 32.4 Å². The van der Waals surface area contributed by atoms with Crippen molar-refractivity contribution in [2.45, 2.75) is 72.9 Å². The van der Waals surface area contributed by atoms with Gasteiger partial charge in [0.15, 0.2) is 0 Å². The van der Waals surface area contributed by atoms with Crippen molar-refractivity contribution in [2.24, 2.45) is 23.7 Å². The Bertz CT molecular complexity index is 260. The lowest BCUT2D eigenvalue weighted by molar-refractivity contribution is 0.101. The zero-order valence-electron chi connectivity index (χ0n) is 14.9. The van der Waals surface area contributed by atoms with Crippen molar-refractivity contribution in [3.05, 3.63) is 0 Å². The zero-order valence-corrected chi connectivity index (χ0v) is 14.9. The van der Waals surface area contributed by atoms with Crippen LogP contribution in [0.4, 0.5) is 0 Å². The summed E-state index contributed by atoms with van der Waals surface area (Å²) in [6, 6.07) is 1.38. The smallest absolute Gasteiger partial charge is 0.0105 e. The van der Waals surface area contributed by atoms with Crippen LogP contribution in [-0.4, -0.2) is 37.1 Å². The number of hydrogen-bond donors (Lipinski definition) is 1. The highest BCUT2D eigenvalue weighted by atomic mass is 15.2. The Hall–Kier alpha value is -0.0800. The van der Waals surface area contributed by atoms with Crippen LogP contribution < -0.4 is 5.32 Å². The molecule has 0 aromatic rings. The van der Waals surface area contributed by atoms with Crippen molar-refractivity contribution in [2.75, 3.05) is 20.1 Å². The van der Waals surface area contributed by atoms with E-state index in [-0.39, 0.29) is 0 Å². The van der Waals surface area contributed by atoms with E-state index in [0.29, 0.717) is 6.04 Å². The van der Waals surface area contributed by atoms with Crippen molar-refractivity contribution in [3.63, 3.8) is 0 Å². The van der Waals surface area contributed by atoms with E-state index in [4.69, 9.17) is 0 Å². The number of hydrogen-bond acceptors (Lipinski definition) is 2. The van der Waals surface area contributed by atoms with Crippen LogP contribution in [0.15, 0.2) is 0 Å². The molecule has 0 aromatic heterocycles. The molecule has 0 amide bonds. The van der Waals surface area contributed by atoms with Gasteiger partial charge in [-0.3, -0.25) is 0 Å². The highest BCUT2D eigenvalue weighted by Crippen LogP contribution is 2.34. The Kier molecular flexibility index (Phi) is 7.53. The maximum absolute atomic E-state index is 3.58. The Balaban J connectivity index is 2.67. The third kappa shape index (κ3) is 5.37. The molecule has 1 aliphatic carbocycles. The summed E-state index contributed by atoms with van der Waals surface area (Å²) in [5.74, 6) is 3.35. The Morgan fingerprint density at radius 1 is 1.05 bits per heavy atom. The zero-order chi connectivity index (χ0) is 15.3. The van der Waals surface area contributed by atoms with E-state index in [1.54, 1.807) is 0 Å². The fraction of sp³-hybridized carbons (Fsp3) is 1.00. The number of nitrogens with one attached hydrogen (secondary N) is 1. The lowest BCUT2D eigenvalue weighted by atomic mass is 9.73. The molecular formula is C18H38N2. The molecule has 2 nitrogen and oxygen atoms in total. The lowest BCUT2D eigenvalue weighted by Crippen LogP contribution is -2.47. The molecule has 3 unspecified atom stereocenters. The van der Waals surface area contributed by atoms with Gasteiger partial charge in [0.2, 0.25) is 0 Å². The standard InChI is InChI=1S/C18H38N2/c1-13(2)11-20(15(5)6)12-17-10-16(14(3)4)8-9-18(17)19-7/h13-19H,8-12H2,1-7H3. The molecule has 1 N–H and O–H groups in total. The summed E-state index contributed by atoms with van der Waals surface area (Å²) in [6.45, 7) is 16.7. The summed E-state index contributed by atoms with van der Waals surface area (Å²) in [6.07, 6.45) is 4.17. The summed E-state index contributed by atoms with van der Waals surface area (Å²) >= 11 is 0. The summed E-state index contributed by atoms with van der Waals surface area (Å²) in [5, 5.41) is 3.58. The van der Waals surface area contributed by atoms with Crippen molar-refractivity contribution < 1.29 is 0 Å². The highest BCUT2D eigenvalue weighted by molar-refractivity contribution is 4.87. The van der Waals surface area contributed by atoms with Gasteiger partial charge in [-0.2, -0.15) is 0 Å². The van der Waals surface area contributed by atoms with Crippen molar-refractivity contribution >= 4 is 0 Å². The van der Waals surface area contributed by atoms with Crippen molar-refractivity contribution in [1.82, 2.24) is 10.2 Å². The summed E-state index contributed by atoms with van der Waals surface area (Å²) < 4.78 is 0. The van der Waals surface area contributed by atoms with Crippen LogP contribution in [0, 0.1) is 23.7 Å². The van der Waals surface area contributed by atoms with E-state index in [2.05, 4.69) is 58.8 Å². The molecule has 0 aromatic carbocycles. The first-order valence-corrected chi connectivity index (χ1v) is 8.76. The first-order valence-electron chi connectivity index (χ1n) is 8.76. The quantitative estimate of drug-likeness (QED) is 0.759. The molecule has 1 fully saturated rings. The minimum Gasteiger partial charge on any atom is -0.317 e. The molecule has 20 heavy (non-hydrogen) atoms. The molecule has 0 radical (unpaired) electrons. The van der Waals surface area contributed by atoms with Gasteiger partial charge in [-0.25, -0.2) is 0 Å². The minimum atomic E-state index is 0.661. The molecule has 0 aliphatic heterocycles. The Morgan fingerprint density at radius 3 is 2.15 bits per heavy atom. The minimum absolute atomic E-state index is 0.661. The lowest BCUT2D eigenvalue weighted by Gasteiger charge is -2.41. The number of nitrogens with zero attached hydrogens (tertiary/aromatic N) is 1. The SMILES string of the molecule is CNC1CCC(C(C)C)CC1CN(CC(C)C)C(C)C. The van der Waals surface area contributed by atoms with Gasteiger partial charge in [0.25, 0.3) is 0 Å². The van der Waals surface area contributed by atoms with Gasteiger partial charge in [0.1, 0.15) is 0 Å². The predicted molar refractivity (Wildman–Crippen MR) is 90.1 cm³/mol. The fourth-order valence-electron chi connectivity index (χ4n) is 3.75. The van der Waals surface area contributed by atoms with Crippen LogP contribution in [0.25, 0.3) is 0 Å². The van der Waals surface area contributed by atoms with Gasteiger partial charge in [-0.05, 0) is 63.8 Å². The first-order chi connectivity index (χ1) is 9.35. The fourth-order valence-corrected chi connectivity index (χ4v) is 3.75. The molecule has 1 rings (SSSR count). The molecule has 0 saturated heterocycles.